The van der Waals surface area contributed by atoms with E-state index in [0.717, 1.165) is 16.0 Å². The zero-order valence-electron chi connectivity index (χ0n) is 14.4. The Morgan fingerprint density at radius 2 is 2.00 bits per heavy atom. The predicted octanol–water partition coefficient (Wildman–Crippen LogP) is 1.72. The van der Waals surface area contributed by atoms with Crippen LogP contribution in [0.25, 0.3) is 0 Å². The molecule has 0 aliphatic carbocycles. The average Bonchev–Trinajstić information content (AvgIpc) is 3.22. The fourth-order valence-electron chi connectivity index (χ4n) is 2.01. The van der Waals surface area contributed by atoms with Crippen LogP contribution in [-0.2, 0) is 32.5 Å². The van der Waals surface area contributed by atoms with Gasteiger partial charge in [0.1, 0.15) is 4.88 Å². The first-order valence-corrected chi connectivity index (χ1v) is 11.3. The summed E-state index contributed by atoms with van der Waals surface area (Å²) in [6, 6.07) is 7.21. The van der Waals surface area contributed by atoms with Gasteiger partial charge >= 0.3 is 5.97 Å². The molecule has 0 spiro atoms. The number of thiophene rings is 2. The third-order valence-corrected chi connectivity index (χ3v) is 6.04. The van der Waals surface area contributed by atoms with Gasteiger partial charge in [-0.3, -0.25) is 4.79 Å². The first kappa shape index (κ1) is 20.6. The Balaban J connectivity index is 1.77. The Labute approximate surface area is 160 Å². The summed E-state index contributed by atoms with van der Waals surface area (Å²) in [7, 11) is -1.57. The molecule has 0 fully saturated rings. The molecule has 142 valence electrons. The number of hydrogen-bond donors (Lipinski definition) is 1. The summed E-state index contributed by atoms with van der Waals surface area (Å²) < 4.78 is 29.5. The Morgan fingerprint density at radius 3 is 2.65 bits per heavy atom. The second kappa shape index (κ2) is 9.26. The van der Waals surface area contributed by atoms with E-state index in [1.807, 2.05) is 17.5 Å². The van der Waals surface area contributed by atoms with Crippen molar-refractivity contribution >= 4 is 44.6 Å². The van der Waals surface area contributed by atoms with E-state index in [-0.39, 0.29) is 19.1 Å². The number of carbonyl (C=O) groups is 2. The third kappa shape index (κ3) is 6.87. The van der Waals surface area contributed by atoms with E-state index in [9.17, 15) is 18.0 Å². The van der Waals surface area contributed by atoms with Gasteiger partial charge in [-0.15, -0.1) is 22.7 Å². The number of esters is 1. The van der Waals surface area contributed by atoms with E-state index in [1.165, 1.54) is 16.2 Å². The second-order valence-electron chi connectivity index (χ2n) is 5.59. The molecular formula is C16H20N2O5S3. The van der Waals surface area contributed by atoms with Gasteiger partial charge in [0.05, 0.1) is 12.8 Å². The van der Waals surface area contributed by atoms with Gasteiger partial charge in [0.2, 0.25) is 10.0 Å². The van der Waals surface area contributed by atoms with Gasteiger partial charge in [-0.05, 0) is 30.0 Å². The minimum absolute atomic E-state index is 0.264. The number of carbonyl (C=O) groups excluding carboxylic acids is 2. The van der Waals surface area contributed by atoms with Crippen molar-refractivity contribution in [1.82, 2.24) is 9.62 Å². The molecule has 0 aliphatic rings. The summed E-state index contributed by atoms with van der Waals surface area (Å²) >= 11 is 2.78. The van der Waals surface area contributed by atoms with Crippen molar-refractivity contribution in [3.05, 3.63) is 44.3 Å². The number of ether oxygens (including phenoxy) is 1. The molecule has 0 bridgehead atoms. The van der Waals surface area contributed by atoms with Crippen molar-refractivity contribution in [1.29, 1.82) is 0 Å². The molecule has 2 heterocycles. The number of nitrogens with one attached hydrogen (secondary N) is 1. The molecule has 0 atom stereocenters. The normalized spacial score (nSPS) is 11.3. The lowest BCUT2D eigenvalue weighted by molar-refractivity contribution is -0.133. The van der Waals surface area contributed by atoms with Crippen LogP contribution in [0.3, 0.4) is 0 Å². The second-order valence-corrected chi connectivity index (χ2v) is 9.62. The quantitative estimate of drug-likeness (QED) is 0.628. The van der Waals surface area contributed by atoms with Gasteiger partial charge in [-0.2, -0.15) is 0 Å². The minimum Gasteiger partial charge on any atom is -0.451 e. The maximum Gasteiger partial charge on any atom is 0.348 e. The van der Waals surface area contributed by atoms with Gasteiger partial charge in [-0.25, -0.2) is 17.9 Å². The highest BCUT2D eigenvalue weighted by Gasteiger charge is 2.16. The highest BCUT2D eigenvalue weighted by atomic mass is 32.2. The maximum atomic E-state index is 12.0. The van der Waals surface area contributed by atoms with E-state index in [0.29, 0.717) is 17.8 Å². The van der Waals surface area contributed by atoms with Crippen molar-refractivity contribution in [3.63, 3.8) is 0 Å². The number of hydrogen-bond acceptors (Lipinski definition) is 7. The molecule has 0 radical (unpaired) electrons. The lowest BCUT2D eigenvalue weighted by Crippen LogP contribution is -2.30. The van der Waals surface area contributed by atoms with Crippen LogP contribution in [-0.4, -0.2) is 51.6 Å². The van der Waals surface area contributed by atoms with E-state index in [2.05, 4.69) is 4.72 Å². The van der Waals surface area contributed by atoms with Gasteiger partial charge in [0.15, 0.2) is 6.61 Å². The molecule has 0 unspecified atom stereocenters. The number of rotatable bonds is 9. The van der Waals surface area contributed by atoms with Crippen LogP contribution >= 0.6 is 22.7 Å². The lowest BCUT2D eigenvalue weighted by atomic mass is 10.3. The molecule has 2 aromatic heterocycles. The first-order valence-electron chi connectivity index (χ1n) is 7.71. The predicted molar refractivity (Wildman–Crippen MR) is 102 cm³/mol. The van der Waals surface area contributed by atoms with Crippen LogP contribution in [0.4, 0.5) is 0 Å². The number of sulfonamides is 1. The standard InChI is InChI=1S/C16H20N2O5S3/c1-18(10-13-4-3-9-24-13)15(19)11-23-16(20)14-6-5-12(25-14)7-8-17-26(2,21)22/h3-6,9,17H,7-8,10-11H2,1-2H3. The first-order chi connectivity index (χ1) is 12.2. The largest absolute Gasteiger partial charge is 0.451 e. The minimum atomic E-state index is -3.23. The molecule has 1 amide bonds. The van der Waals surface area contributed by atoms with Crippen LogP contribution in [0.5, 0.6) is 0 Å². The maximum absolute atomic E-state index is 12.0. The van der Waals surface area contributed by atoms with E-state index in [4.69, 9.17) is 4.74 Å². The van der Waals surface area contributed by atoms with E-state index < -0.39 is 16.0 Å². The van der Waals surface area contributed by atoms with E-state index >= 15 is 0 Å². The molecule has 0 aliphatic heterocycles. The van der Waals surface area contributed by atoms with Crippen LogP contribution in [0.1, 0.15) is 19.4 Å². The monoisotopic (exact) mass is 416 g/mol. The Bertz CT molecular complexity index is 843. The topological polar surface area (TPSA) is 92.8 Å². The van der Waals surface area contributed by atoms with Crippen molar-refractivity contribution in [2.24, 2.45) is 0 Å². The van der Waals surface area contributed by atoms with Crippen LogP contribution in [0.2, 0.25) is 0 Å². The van der Waals surface area contributed by atoms with Gasteiger partial charge in [0.25, 0.3) is 5.91 Å². The molecule has 10 heteroatoms. The summed E-state index contributed by atoms with van der Waals surface area (Å²) in [4.78, 5) is 27.9. The van der Waals surface area contributed by atoms with E-state index in [1.54, 1.807) is 30.5 Å². The summed E-state index contributed by atoms with van der Waals surface area (Å²) in [5, 5.41) is 1.94. The SMILES string of the molecule is CN(Cc1cccs1)C(=O)COC(=O)c1ccc(CCNS(C)(=O)=O)s1. The third-order valence-electron chi connectivity index (χ3n) is 3.32. The molecule has 0 aromatic carbocycles. The molecule has 2 aromatic rings. The Hall–Kier alpha value is -1.75. The van der Waals surface area contributed by atoms with Gasteiger partial charge in [-0.1, -0.05) is 6.07 Å². The molecule has 7 nitrogen and oxygen atoms in total. The molecule has 0 saturated carbocycles. The van der Waals surface area contributed by atoms with Crippen LogP contribution < -0.4 is 4.72 Å². The van der Waals surface area contributed by atoms with Crippen molar-refractivity contribution in [2.75, 3.05) is 26.5 Å². The van der Waals surface area contributed by atoms with Crippen molar-refractivity contribution < 1.29 is 22.7 Å². The van der Waals surface area contributed by atoms with Gasteiger partial charge < -0.3 is 9.64 Å². The highest BCUT2D eigenvalue weighted by Crippen LogP contribution is 2.18. The summed E-state index contributed by atoms with van der Waals surface area (Å²) in [6.07, 6.45) is 1.57. The zero-order chi connectivity index (χ0) is 19.2. The average molecular weight is 417 g/mol. The van der Waals surface area contributed by atoms with Crippen LogP contribution in [0.15, 0.2) is 29.6 Å². The van der Waals surface area contributed by atoms with Crippen LogP contribution in [0, 0.1) is 0 Å². The number of nitrogens with zero attached hydrogens (tertiary/aromatic N) is 1. The fourth-order valence-corrected chi connectivity index (χ4v) is 4.15. The fraction of sp³-hybridized carbons (Fsp3) is 0.375. The van der Waals surface area contributed by atoms with Gasteiger partial charge in [0, 0.05) is 23.3 Å². The Kier molecular flexibility index (Phi) is 7.33. The lowest BCUT2D eigenvalue weighted by Gasteiger charge is -2.15. The zero-order valence-corrected chi connectivity index (χ0v) is 16.9. The molecule has 26 heavy (non-hydrogen) atoms. The molecular weight excluding hydrogens is 396 g/mol. The molecule has 1 N–H and O–H groups in total. The molecule has 0 saturated heterocycles. The molecule has 2 rings (SSSR count). The summed E-state index contributed by atoms with van der Waals surface area (Å²) in [5.41, 5.74) is 0. The van der Waals surface area contributed by atoms with Crippen molar-refractivity contribution in [3.8, 4) is 0 Å². The highest BCUT2D eigenvalue weighted by molar-refractivity contribution is 7.88. The number of amides is 1. The Morgan fingerprint density at radius 1 is 1.23 bits per heavy atom. The summed E-state index contributed by atoms with van der Waals surface area (Å²) in [6.45, 7) is 0.425. The summed E-state index contributed by atoms with van der Waals surface area (Å²) in [5.74, 6) is -0.837. The van der Waals surface area contributed by atoms with Crippen molar-refractivity contribution in [2.45, 2.75) is 13.0 Å². The smallest absolute Gasteiger partial charge is 0.348 e. The number of likely N-dealkylation sites (N-methyl/N-ethyl adjacent to an activating group) is 1.